The highest BCUT2D eigenvalue weighted by Gasteiger charge is 2.29. The van der Waals surface area contributed by atoms with Gasteiger partial charge in [-0.15, -0.1) is 0 Å². The fraction of sp³-hybridized carbons (Fsp3) is 0.217. The molecular weight excluding hydrogens is 404 g/mol. The highest BCUT2D eigenvalue weighted by Crippen LogP contribution is 2.31. The van der Waals surface area contributed by atoms with E-state index in [1.54, 1.807) is 22.5 Å². The molecule has 0 bridgehead atoms. The number of fused-ring (bicyclic) bond motifs is 1. The van der Waals surface area contributed by atoms with Crippen LogP contribution in [-0.4, -0.2) is 50.3 Å². The molecule has 6 heteroatoms. The smallest absolute Gasteiger partial charge is 0.243 e. The van der Waals surface area contributed by atoms with E-state index in [1.165, 1.54) is 5.56 Å². The molecule has 0 unspecified atom stereocenters. The third-order valence-corrected chi connectivity index (χ3v) is 7.49. The van der Waals surface area contributed by atoms with E-state index in [9.17, 15) is 8.42 Å². The molecule has 0 amide bonds. The number of sulfonamides is 1. The zero-order valence-corrected chi connectivity index (χ0v) is 17.6. The van der Waals surface area contributed by atoms with Crippen LogP contribution in [0.3, 0.4) is 0 Å². The van der Waals surface area contributed by atoms with Gasteiger partial charge < -0.3 is 0 Å². The Morgan fingerprint density at radius 3 is 2.28 bits per heavy atom. The Balaban J connectivity index is 1.45. The molecule has 4 rings (SSSR count). The van der Waals surface area contributed by atoms with E-state index in [0.717, 1.165) is 11.9 Å². The second-order valence-electron chi connectivity index (χ2n) is 7.11. The molecule has 1 aliphatic rings. The Kier molecular flexibility index (Phi) is 6.01. The second-order valence-corrected chi connectivity index (χ2v) is 9.43. The van der Waals surface area contributed by atoms with Crippen LogP contribution in [0.25, 0.3) is 16.8 Å². The summed E-state index contributed by atoms with van der Waals surface area (Å²) < 4.78 is 28.2. The minimum Gasteiger partial charge on any atom is -0.297 e. The lowest BCUT2D eigenvalue weighted by molar-refractivity contribution is 0.204. The van der Waals surface area contributed by atoms with Gasteiger partial charge in [0.25, 0.3) is 0 Å². The second kappa shape index (κ2) is 8.67. The maximum Gasteiger partial charge on any atom is 0.243 e. The highest BCUT2D eigenvalue weighted by atomic mass is 35.5. The Morgan fingerprint density at radius 1 is 0.862 bits per heavy atom. The van der Waals surface area contributed by atoms with E-state index in [-0.39, 0.29) is 4.90 Å². The van der Waals surface area contributed by atoms with Crippen molar-refractivity contribution in [2.75, 3.05) is 32.7 Å². The fourth-order valence-electron chi connectivity index (χ4n) is 3.67. The van der Waals surface area contributed by atoms with Crippen molar-refractivity contribution in [1.82, 2.24) is 9.21 Å². The van der Waals surface area contributed by atoms with Crippen LogP contribution in [0, 0.1) is 0 Å². The van der Waals surface area contributed by atoms with Gasteiger partial charge in [-0.3, -0.25) is 4.90 Å². The first-order valence-electron chi connectivity index (χ1n) is 9.67. The monoisotopic (exact) mass is 426 g/mol. The summed E-state index contributed by atoms with van der Waals surface area (Å²) in [6.45, 7) is 3.17. The van der Waals surface area contributed by atoms with Crippen molar-refractivity contribution in [3.8, 4) is 0 Å². The van der Waals surface area contributed by atoms with Crippen molar-refractivity contribution in [3.63, 3.8) is 0 Å². The average molecular weight is 427 g/mol. The van der Waals surface area contributed by atoms with Crippen LogP contribution in [0.15, 0.2) is 77.7 Å². The van der Waals surface area contributed by atoms with Crippen LogP contribution >= 0.6 is 11.6 Å². The largest absolute Gasteiger partial charge is 0.297 e. The van der Waals surface area contributed by atoms with E-state index in [4.69, 9.17) is 11.6 Å². The predicted octanol–water partition coefficient (Wildman–Crippen LogP) is 4.51. The average Bonchev–Trinajstić information content (AvgIpc) is 2.75. The minimum absolute atomic E-state index is 0.290. The van der Waals surface area contributed by atoms with Crippen LogP contribution < -0.4 is 0 Å². The Labute approximate surface area is 177 Å². The molecule has 0 N–H and O–H groups in total. The van der Waals surface area contributed by atoms with E-state index < -0.39 is 10.0 Å². The third-order valence-electron chi connectivity index (χ3n) is 5.24. The summed E-state index contributed by atoms with van der Waals surface area (Å²) in [4.78, 5) is 2.56. The van der Waals surface area contributed by atoms with E-state index in [1.807, 2.05) is 36.4 Å². The van der Waals surface area contributed by atoms with Gasteiger partial charge in [0.15, 0.2) is 0 Å². The van der Waals surface area contributed by atoms with Gasteiger partial charge >= 0.3 is 0 Å². The first kappa shape index (κ1) is 20.1. The summed E-state index contributed by atoms with van der Waals surface area (Å²) in [7, 11) is -3.59. The maximum atomic E-state index is 13.3. The van der Waals surface area contributed by atoms with Gasteiger partial charge in [-0.25, -0.2) is 8.42 Å². The number of nitrogens with zero attached hydrogens (tertiary/aromatic N) is 2. The molecule has 4 nitrogen and oxygen atoms in total. The standard InChI is InChI=1S/C23H23ClN2O2S/c24-21-12-4-10-20-11-5-13-22(23(20)21)29(27,28)26-17-15-25(16-18-26)14-6-9-19-7-2-1-3-8-19/h1-13H,14-18H2. The molecule has 0 aromatic heterocycles. The van der Waals surface area contributed by atoms with Crippen LogP contribution in [-0.2, 0) is 10.0 Å². The molecule has 1 aliphatic heterocycles. The first-order chi connectivity index (χ1) is 14.1. The Morgan fingerprint density at radius 2 is 1.55 bits per heavy atom. The number of rotatable bonds is 5. The minimum atomic E-state index is -3.59. The first-order valence-corrected chi connectivity index (χ1v) is 11.5. The van der Waals surface area contributed by atoms with Crippen molar-refractivity contribution in [2.24, 2.45) is 0 Å². The molecule has 3 aromatic rings. The molecule has 0 radical (unpaired) electrons. The van der Waals surface area contributed by atoms with Gasteiger partial charge in [0.05, 0.1) is 4.90 Å². The van der Waals surface area contributed by atoms with Gasteiger partial charge in [-0.2, -0.15) is 4.31 Å². The lowest BCUT2D eigenvalue weighted by Crippen LogP contribution is -2.48. The van der Waals surface area contributed by atoms with Crippen molar-refractivity contribution < 1.29 is 8.42 Å². The van der Waals surface area contributed by atoms with E-state index in [0.29, 0.717) is 36.6 Å². The van der Waals surface area contributed by atoms with Gasteiger partial charge in [-0.05, 0) is 23.1 Å². The van der Waals surface area contributed by atoms with Gasteiger partial charge in [0, 0.05) is 43.1 Å². The van der Waals surface area contributed by atoms with Crippen LogP contribution in [0.1, 0.15) is 5.56 Å². The summed E-state index contributed by atoms with van der Waals surface area (Å²) in [6, 6.07) is 20.9. The van der Waals surface area contributed by atoms with Crippen LogP contribution in [0.2, 0.25) is 5.02 Å². The van der Waals surface area contributed by atoms with Crippen LogP contribution in [0.4, 0.5) is 0 Å². The molecule has 1 fully saturated rings. The summed E-state index contributed by atoms with van der Waals surface area (Å²) in [5, 5.41) is 1.90. The SMILES string of the molecule is O=S(=O)(c1cccc2cccc(Cl)c12)N1CCN(CC=Cc2ccccc2)CC1. The van der Waals surface area contributed by atoms with Crippen molar-refractivity contribution in [1.29, 1.82) is 0 Å². The molecule has 3 aromatic carbocycles. The van der Waals surface area contributed by atoms with Crippen molar-refractivity contribution >= 4 is 38.5 Å². The van der Waals surface area contributed by atoms with Crippen LogP contribution in [0.5, 0.6) is 0 Å². The normalized spacial score (nSPS) is 16.6. The van der Waals surface area contributed by atoms with Gasteiger partial charge in [-0.1, -0.05) is 78.4 Å². The highest BCUT2D eigenvalue weighted by molar-refractivity contribution is 7.89. The fourth-order valence-corrected chi connectivity index (χ4v) is 5.67. The lowest BCUT2D eigenvalue weighted by Gasteiger charge is -2.33. The summed E-state index contributed by atoms with van der Waals surface area (Å²) >= 11 is 6.34. The molecule has 0 spiro atoms. The number of benzene rings is 3. The molecule has 0 aliphatic carbocycles. The number of hydrogen-bond acceptors (Lipinski definition) is 3. The van der Waals surface area contributed by atoms with Gasteiger partial charge in [0.1, 0.15) is 0 Å². The predicted molar refractivity (Wildman–Crippen MR) is 120 cm³/mol. The third kappa shape index (κ3) is 4.38. The zero-order valence-electron chi connectivity index (χ0n) is 16.0. The summed E-state index contributed by atoms with van der Waals surface area (Å²) in [6.07, 6.45) is 4.23. The quantitative estimate of drug-likeness (QED) is 0.602. The Bertz CT molecular complexity index is 1120. The summed E-state index contributed by atoms with van der Waals surface area (Å²) in [5.74, 6) is 0. The number of piperazine rings is 1. The van der Waals surface area contributed by atoms with Crippen molar-refractivity contribution in [3.05, 3.63) is 83.4 Å². The number of halogens is 1. The van der Waals surface area contributed by atoms with Crippen molar-refractivity contribution in [2.45, 2.75) is 4.90 Å². The van der Waals surface area contributed by atoms with E-state index in [2.05, 4.69) is 29.2 Å². The van der Waals surface area contributed by atoms with E-state index >= 15 is 0 Å². The maximum absolute atomic E-state index is 13.3. The lowest BCUT2D eigenvalue weighted by atomic mass is 10.1. The Hall–Kier alpha value is -2.18. The molecular formula is C23H23ClN2O2S. The molecule has 1 saturated heterocycles. The molecule has 150 valence electrons. The zero-order chi connectivity index (χ0) is 20.3. The molecule has 1 heterocycles. The molecule has 0 atom stereocenters. The molecule has 0 saturated carbocycles. The molecule has 29 heavy (non-hydrogen) atoms. The summed E-state index contributed by atoms with van der Waals surface area (Å²) in [5.41, 5.74) is 1.17. The number of hydrogen-bond donors (Lipinski definition) is 0. The topological polar surface area (TPSA) is 40.6 Å². The van der Waals surface area contributed by atoms with Gasteiger partial charge in [0.2, 0.25) is 10.0 Å².